The normalized spacial score (nSPS) is 10.4. The number of nitrogen functional groups attached to an aromatic ring is 1. The third-order valence-electron chi connectivity index (χ3n) is 2.13. The minimum atomic E-state index is 0.326. The van der Waals surface area contributed by atoms with Crippen molar-refractivity contribution >= 4 is 56.4 Å². The molecular formula is C12H7BrCl3NO. The summed E-state index contributed by atoms with van der Waals surface area (Å²) in [4.78, 5) is 0. The molecule has 18 heavy (non-hydrogen) atoms. The van der Waals surface area contributed by atoms with Crippen molar-refractivity contribution in [1.29, 1.82) is 0 Å². The van der Waals surface area contributed by atoms with E-state index < -0.39 is 0 Å². The van der Waals surface area contributed by atoms with Gasteiger partial charge in [0, 0.05) is 10.2 Å². The highest BCUT2D eigenvalue weighted by Gasteiger charge is 2.12. The zero-order valence-corrected chi connectivity index (χ0v) is 12.7. The molecule has 0 aliphatic carbocycles. The molecule has 2 N–H and O–H groups in total. The molecule has 0 amide bonds. The highest BCUT2D eigenvalue weighted by molar-refractivity contribution is 9.10. The lowest BCUT2D eigenvalue weighted by atomic mass is 10.3. The second-order valence-electron chi connectivity index (χ2n) is 3.49. The summed E-state index contributed by atoms with van der Waals surface area (Å²) in [5.74, 6) is 0.784. The molecular weight excluding hydrogens is 360 g/mol. The molecule has 0 spiro atoms. The van der Waals surface area contributed by atoms with Crippen LogP contribution >= 0.6 is 50.7 Å². The van der Waals surface area contributed by atoms with Gasteiger partial charge in [0.25, 0.3) is 0 Å². The molecule has 2 aromatic rings. The Morgan fingerprint density at radius 2 is 1.56 bits per heavy atom. The number of ether oxygens (including phenoxy) is 1. The summed E-state index contributed by atoms with van der Waals surface area (Å²) >= 11 is 21.4. The molecule has 2 rings (SSSR count). The van der Waals surface area contributed by atoms with Gasteiger partial charge < -0.3 is 10.5 Å². The van der Waals surface area contributed by atoms with E-state index in [4.69, 9.17) is 45.3 Å². The zero-order valence-electron chi connectivity index (χ0n) is 8.88. The molecule has 0 aliphatic rings. The van der Waals surface area contributed by atoms with Crippen molar-refractivity contribution in [3.63, 3.8) is 0 Å². The van der Waals surface area contributed by atoms with Gasteiger partial charge in [0.1, 0.15) is 5.75 Å². The third kappa shape index (κ3) is 3.04. The van der Waals surface area contributed by atoms with Crippen LogP contribution in [0.4, 0.5) is 5.69 Å². The maximum atomic E-state index is 6.03. The van der Waals surface area contributed by atoms with Crippen LogP contribution < -0.4 is 10.5 Å². The van der Waals surface area contributed by atoms with Gasteiger partial charge in [0.15, 0.2) is 5.75 Å². The summed E-state index contributed by atoms with van der Waals surface area (Å²) in [5, 5.41) is 1.12. The van der Waals surface area contributed by atoms with Crippen LogP contribution in [0.2, 0.25) is 15.1 Å². The molecule has 0 aromatic heterocycles. The lowest BCUT2D eigenvalue weighted by molar-refractivity contribution is 0.483. The van der Waals surface area contributed by atoms with E-state index in [9.17, 15) is 0 Å². The number of anilines is 1. The number of hydrogen-bond acceptors (Lipinski definition) is 2. The van der Waals surface area contributed by atoms with Crippen molar-refractivity contribution < 1.29 is 4.74 Å². The smallest absolute Gasteiger partial charge is 0.164 e. The van der Waals surface area contributed by atoms with Crippen molar-refractivity contribution in [2.45, 2.75) is 0 Å². The number of hydrogen-bond donors (Lipinski definition) is 1. The molecule has 6 heteroatoms. The standard InChI is InChI=1S/C12H7BrCl3NO/c13-6-1-2-8(14)11(3-6)18-12-9(15)4-7(17)5-10(12)16/h1-5H,17H2. The summed E-state index contributed by atoms with van der Waals surface area (Å²) in [6, 6.07) is 8.37. The Labute approximate surface area is 128 Å². The second-order valence-corrected chi connectivity index (χ2v) is 5.63. The lowest BCUT2D eigenvalue weighted by Gasteiger charge is -2.11. The zero-order chi connectivity index (χ0) is 13.3. The summed E-state index contributed by atoms with van der Waals surface area (Å²) in [5.41, 5.74) is 6.09. The molecule has 0 bridgehead atoms. The number of nitrogens with two attached hydrogens (primary N) is 1. The van der Waals surface area contributed by atoms with E-state index in [1.807, 2.05) is 0 Å². The van der Waals surface area contributed by atoms with Crippen molar-refractivity contribution in [2.24, 2.45) is 0 Å². The molecule has 0 saturated heterocycles. The molecule has 0 aliphatic heterocycles. The van der Waals surface area contributed by atoms with Gasteiger partial charge in [-0.25, -0.2) is 0 Å². The molecule has 0 fully saturated rings. The molecule has 0 heterocycles. The first-order valence-corrected chi connectivity index (χ1v) is 6.77. The Balaban J connectivity index is 2.43. The summed E-state index contributed by atoms with van der Waals surface area (Å²) in [7, 11) is 0. The molecule has 0 saturated carbocycles. The highest BCUT2D eigenvalue weighted by Crippen LogP contribution is 2.40. The van der Waals surface area contributed by atoms with Crippen molar-refractivity contribution in [2.75, 3.05) is 5.73 Å². The molecule has 0 atom stereocenters. The molecule has 0 radical (unpaired) electrons. The predicted octanol–water partition coefficient (Wildman–Crippen LogP) is 5.78. The average molecular weight is 367 g/mol. The summed E-state index contributed by atoms with van der Waals surface area (Å²) < 4.78 is 6.46. The van der Waals surface area contributed by atoms with Gasteiger partial charge in [-0.05, 0) is 30.3 Å². The largest absolute Gasteiger partial charge is 0.453 e. The fraction of sp³-hybridized carbons (Fsp3) is 0. The molecule has 2 aromatic carbocycles. The Morgan fingerprint density at radius 3 is 2.17 bits per heavy atom. The van der Waals surface area contributed by atoms with E-state index in [-0.39, 0.29) is 0 Å². The lowest BCUT2D eigenvalue weighted by Crippen LogP contribution is -1.91. The Morgan fingerprint density at radius 1 is 0.944 bits per heavy atom. The second kappa shape index (κ2) is 5.57. The van der Waals surface area contributed by atoms with Crippen molar-refractivity contribution in [1.82, 2.24) is 0 Å². The van der Waals surface area contributed by atoms with E-state index in [1.165, 1.54) is 0 Å². The van der Waals surface area contributed by atoms with E-state index in [2.05, 4.69) is 15.9 Å². The Kier molecular flexibility index (Phi) is 4.28. The minimum absolute atomic E-state index is 0.326. The van der Waals surface area contributed by atoms with Crippen LogP contribution in [-0.2, 0) is 0 Å². The topological polar surface area (TPSA) is 35.2 Å². The predicted molar refractivity (Wildman–Crippen MR) is 80.1 cm³/mol. The summed E-state index contributed by atoms with van der Waals surface area (Å²) in [6.07, 6.45) is 0. The number of halogens is 4. The van der Waals surface area contributed by atoms with Gasteiger partial charge in [-0.1, -0.05) is 50.7 Å². The van der Waals surface area contributed by atoms with Crippen LogP contribution in [0.25, 0.3) is 0 Å². The average Bonchev–Trinajstić information content (AvgIpc) is 2.28. The van der Waals surface area contributed by atoms with Gasteiger partial charge >= 0.3 is 0 Å². The molecule has 2 nitrogen and oxygen atoms in total. The van der Waals surface area contributed by atoms with E-state index in [0.29, 0.717) is 32.3 Å². The van der Waals surface area contributed by atoms with Crippen LogP contribution in [0.5, 0.6) is 11.5 Å². The Bertz CT molecular complexity index is 581. The van der Waals surface area contributed by atoms with Crippen molar-refractivity contribution in [3.8, 4) is 11.5 Å². The van der Waals surface area contributed by atoms with E-state index >= 15 is 0 Å². The molecule has 0 unspecified atom stereocenters. The first kappa shape index (κ1) is 13.8. The number of rotatable bonds is 2. The van der Waals surface area contributed by atoms with Crippen LogP contribution in [0.15, 0.2) is 34.8 Å². The maximum absolute atomic E-state index is 6.03. The van der Waals surface area contributed by atoms with Crippen LogP contribution in [0.3, 0.4) is 0 Å². The summed E-state index contributed by atoms with van der Waals surface area (Å²) in [6.45, 7) is 0. The van der Waals surface area contributed by atoms with Crippen LogP contribution in [-0.4, -0.2) is 0 Å². The fourth-order valence-electron chi connectivity index (χ4n) is 1.34. The quantitative estimate of drug-likeness (QED) is 0.683. The number of benzene rings is 2. The maximum Gasteiger partial charge on any atom is 0.164 e. The van der Waals surface area contributed by atoms with Gasteiger partial charge in [-0.2, -0.15) is 0 Å². The fourth-order valence-corrected chi connectivity index (χ4v) is 2.42. The third-order valence-corrected chi connectivity index (χ3v) is 3.49. The molecule has 94 valence electrons. The van der Waals surface area contributed by atoms with Crippen LogP contribution in [0, 0.1) is 0 Å². The first-order chi connectivity index (χ1) is 8.47. The first-order valence-electron chi connectivity index (χ1n) is 4.85. The van der Waals surface area contributed by atoms with Crippen LogP contribution in [0.1, 0.15) is 0 Å². The Hall–Kier alpha value is -0.610. The van der Waals surface area contributed by atoms with E-state index in [0.717, 1.165) is 4.47 Å². The SMILES string of the molecule is Nc1cc(Cl)c(Oc2cc(Br)ccc2Cl)c(Cl)c1. The van der Waals surface area contributed by atoms with E-state index in [1.54, 1.807) is 30.3 Å². The van der Waals surface area contributed by atoms with Gasteiger partial charge in [0.2, 0.25) is 0 Å². The highest BCUT2D eigenvalue weighted by atomic mass is 79.9. The monoisotopic (exact) mass is 365 g/mol. The van der Waals surface area contributed by atoms with Crippen molar-refractivity contribution in [3.05, 3.63) is 49.9 Å². The minimum Gasteiger partial charge on any atom is -0.453 e. The van der Waals surface area contributed by atoms with Gasteiger partial charge in [0.05, 0.1) is 15.1 Å². The van der Waals surface area contributed by atoms with Gasteiger partial charge in [-0.3, -0.25) is 0 Å². The van der Waals surface area contributed by atoms with Gasteiger partial charge in [-0.15, -0.1) is 0 Å².